The zero-order valence-corrected chi connectivity index (χ0v) is 8.06. The molecule has 0 radical (unpaired) electrons. The van der Waals surface area contributed by atoms with Crippen molar-refractivity contribution in [3.05, 3.63) is 12.4 Å². The largest absolute Gasteiger partial charge is 0.475 e. The molecule has 0 spiro atoms. The Morgan fingerprint density at radius 1 is 1.13 bits per heavy atom. The molecule has 2 nitrogen and oxygen atoms in total. The lowest BCUT2D eigenvalue weighted by molar-refractivity contribution is -0.332. The van der Waals surface area contributed by atoms with Crippen molar-refractivity contribution >= 4 is 0 Å². The monoisotopic (exact) mass is 230 g/mol. The van der Waals surface area contributed by atoms with Gasteiger partial charge in [-0.05, 0) is 6.42 Å². The van der Waals surface area contributed by atoms with Crippen LogP contribution in [0.4, 0.5) is 22.0 Å². The minimum absolute atomic E-state index is 0.0112. The Morgan fingerprint density at radius 3 is 2.20 bits per heavy atom. The number of hydrogen-bond donors (Lipinski definition) is 0. The molecule has 15 heavy (non-hydrogen) atoms. The summed E-state index contributed by atoms with van der Waals surface area (Å²) in [5.41, 5.74) is 0. The molecule has 0 bridgehead atoms. The topological polar surface area (TPSA) is 6.48 Å². The van der Waals surface area contributed by atoms with Crippen LogP contribution in [-0.2, 0) is 0 Å². The van der Waals surface area contributed by atoms with Crippen molar-refractivity contribution in [1.82, 2.24) is 9.80 Å². The minimum atomic E-state index is -5.54. The van der Waals surface area contributed by atoms with Crippen molar-refractivity contribution in [2.24, 2.45) is 0 Å². The van der Waals surface area contributed by atoms with Gasteiger partial charge in [0.05, 0.1) is 6.67 Å². The smallest absolute Gasteiger partial charge is 0.358 e. The second kappa shape index (κ2) is 3.86. The van der Waals surface area contributed by atoms with E-state index in [9.17, 15) is 22.0 Å². The molecule has 88 valence electrons. The van der Waals surface area contributed by atoms with E-state index >= 15 is 0 Å². The molecule has 1 heterocycles. The van der Waals surface area contributed by atoms with Crippen LogP contribution in [0.1, 0.15) is 13.3 Å². The van der Waals surface area contributed by atoms with E-state index in [4.69, 9.17) is 0 Å². The number of nitrogens with zero attached hydrogens (tertiary/aromatic N) is 2. The van der Waals surface area contributed by atoms with Gasteiger partial charge in [0.15, 0.2) is 0 Å². The molecule has 0 unspecified atom stereocenters. The summed E-state index contributed by atoms with van der Waals surface area (Å²) in [6.45, 7) is 1.85. The first-order chi connectivity index (χ1) is 6.79. The Labute approximate surface area is 83.9 Å². The SMILES string of the molecule is CCCN1C=CN(C(F)(F)C(F)(F)F)C1. The zero-order valence-electron chi connectivity index (χ0n) is 8.06. The van der Waals surface area contributed by atoms with Gasteiger partial charge in [0, 0.05) is 18.9 Å². The van der Waals surface area contributed by atoms with Gasteiger partial charge in [-0.25, -0.2) is 0 Å². The predicted octanol–water partition coefficient (Wildman–Crippen LogP) is 2.60. The van der Waals surface area contributed by atoms with Crippen LogP contribution < -0.4 is 0 Å². The number of hydrogen-bond acceptors (Lipinski definition) is 2. The van der Waals surface area contributed by atoms with Gasteiger partial charge in [0.25, 0.3) is 0 Å². The fourth-order valence-electron chi connectivity index (χ4n) is 1.24. The molecule has 0 N–H and O–H groups in total. The Morgan fingerprint density at radius 2 is 1.73 bits per heavy atom. The van der Waals surface area contributed by atoms with E-state index in [2.05, 4.69) is 0 Å². The summed E-state index contributed by atoms with van der Waals surface area (Å²) < 4.78 is 61.4. The third kappa shape index (κ3) is 2.32. The van der Waals surface area contributed by atoms with Gasteiger partial charge in [-0.3, -0.25) is 4.90 Å². The van der Waals surface area contributed by atoms with Crippen molar-refractivity contribution in [2.75, 3.05) is 13.2 Å². The van der Waals surface area contributed by atoms with Crippen LogP contribution >= 0.6 is 0 Å². The number of halogens is 5. The lowest BCUT2D eigenvalue weighted by atomic mass is 10.4. The van der Waals surface area contributed by atoms with E-state index in [-0.39, 0.29) is 4.90 Å². The summed E-state index contributed by atoms with van der Waals surface area (Å²) in [6, 6.07) is -4.80. The van der Waals surface area contributed by atoms with Crippen LogP contribution in [0, 0.1) is 0 Å². The van der Waals surface area contributed by atoms with E-state index in [0.29, 0.717) is 13.0 Å². The second-order valence-corrected chi connectivity index (χ2v) is 3.26. The van der Waals surface area contributed by atoms with E-state index in [1.165, 1.54) is 11.1 Å². The Kier molecular flexibility index (Phi) is 3.11. The van der Waals surface area contributed by atoms with E-state index in [1.54, 1.807) is 0 Å². The Hall–Kier alpha value is -1.01. The molecular formula is C8H11F5N2. The summed E-state index contributed by atoms with van der Waals surface area (Å²) in [6.07, 6.45) is -2.85. The molecule has 0 aromatic carbocycles. The predicted molar refractivity (Wildman–Crippen MR) is 43.8 cm³/mol. The molecule has 0 saturated heterocycles. The molecule has 0 amide bonds. The molecule has 7 heteroatoms. The zero-order chi connectivity index (χ0) is 11.7. The van der Waals surface area contributed by atoms with Gasteiger partial charge < -0.3 is 4.90 Å². The number of rotatable bonds is 3. The summed E-state index contributed by atoms with van der Waals surface area (Å²) in [7, 11) is 0. The van der Waals surface area contributed by atoms with Crippen LogP contribution in [0.3, 0.4) is 0 Å². The van der Waals surface area contributed by atoms with Crippen LogP contribution in [0.25, 0.3) is 0 Å². The lowest BCUT2D eigenvalue weighted by Gasteiger charge is -2.30. The molecule has 1 aliphatic rings. The Bertz CT molecular complexity index is 248. The Balaban J connectivity index is 2.65. The number of alkyl halides is 5. The van der Waals surface area contributed by atoms with E-state index in [0.717, 1.165) is 6.20 Å². The molecule has 1 aliphatic heterocycles. The quantitative estimate of drug-likeness (QED) is 0.543. The van der Waals surface area contributed by atoms with Crippen molar-refractivity contribution in [3.8, 4) is 0 Å². The van der Waals surface area contributed by atoms with Crippen molar-refractivity contribution in [3.63, 3.8) is 0 Å². The van der Waals surface area contributed by atoms with Crippen molar-refractivity contribution < 1.29 is 22.0 Å². The summed E-state index contributed by atoms with van der Waals surface area (Å²) in [4.78, 5) is 1.39. The third-order valence-electron chi connectivity index (χ3n) is 2.00. The first-order valence-corrected chi connectivity index (χ1v) is 4.42. The van der Waals surface area contributed by atoms with Gasteiger partial charge in [-0.15, -0.1) is 0 Å². The molecule has 0 aromatic rings. The van der Waals surface area contributed by atoms with Crippen LogP contribution in [0.5, 0.6) is 0 Å². The molecule has 0 aromatic heterocycles. The fraction of sp³-hybridized carbons (Fsp3) is 0.750. The summed E-state index contributed by atoms with van der Waals surface area (Å²) in [5, 5.41) is 0. The van der Waals surface area contributed by atoms with E-state index in [1.807, 2.05) is 6.92 Å². The molecule has 0 saturated carbocycles. The highest BCUT2D eigenvalue weighted by molar-refractivity contribution is 4.95. The van der Waals surface area contributed by atoms with Gasteiger partial charge in [0.2, 0.25) is 0 Å². The average Bonchev–Trinajstić information content (AvgIpc) is 2.51. The molecule has 0 aliphatic carbocycles. The highest BCUT2D eigenvalue weighted by Crippen LogP contribution is 2.39. The molecule has 1 rings (SSSR count). The molecule has 0 fully saturated rings. The fourth-order valence-corrected chi connectivity index (χ4v) is 1.24. The first kappa shape index (κ1) is 12.1. The highest BCUT2D eigenvalue weighted by Gasteiger charge is 2.61. The maximum atomic E-state index is 12.8. The normalized spacial score (nSPS) is 17.7. The second-order valence-electron chi connectivity index (χ2n) is 3.26. The standard InChI is InChI=1S/C8H11F5N2/c1-2-3-14-4-5-15(6-14)8(12,13)7(9,10)11/h4-5H,2-3,6H2,1H3. The first-order valence-electron chi connectivity index (χ1n) is 4.42. The van der Waals surface area contributed by atoms with Gasteiger partial charge in [0.1, 0.15) is 0 Å². The lowest BCUT2D eigenvalue weighted by Crippen LogP contribution is -2.50. The third-order valence-corrected chi connectivity index (χ3v) is 2.00. The van der Waals surface area contributed by atoms with Crippen LogP contribution in [0.15, 0.2) is 12.4 Å². The van der Waals surface area contributed by atoms with Gasteiger partial charge in [-0.2, -0.15) is 22.0 Å². The maximum Gasteiger partial charge on any atom is 0.475 e. The van der Waals surface area contributed by atoms with Crippen molar-refractivity contribution in [1.29, 1.82) is 0 Å². The average molecular weight is 230 g/mol. The minimum Gasteiger partial charge on any atom is -0.358 e. The summed E-state index contributed by atoms with van der Waals surface area (Å²) >= 11 is 0. The van der Waals surface area contributed by atoms with Gasteiger partial charge in [-0.1, -0.05) is 6.92 Å². The van der Waals surface area contributed by atoms with E-state index < -0.39 is 18.9 Å². The van der Waals surface area contributed by atoms with Crippen LogP contribution in [-0.4, -0.2) is 35.2 Å². The van der Waals surface area contributed by atoms with Gasteiger partial charge >= 0.3 is 12.2 Å². The molecular weight excluding hydrogens is 219 g/mol. The highest BCUT2D eigenvalue weighted by atomic mass is 19.4. The summed E-state index contributed by atoms with van der Waals surface area (Å²) in [5.74, 6) is 0. The van der Waals surface area contributed by atoms with Crippen molar-refractivity contribution in [2.45, 2.75) is 25.6 Å². The maximum absolute atomic E-state index is 12.8. The van der Waals surface area contributed by atoms with Crippen LogP contribution in [0.2, 0.25) is 0 Å². The molecule has 0 atom stereocenters.